The summed E-state index contributed by atoms with van der Waals surface area (Å²) in [6.07, 6.45) is 0. The van der Waals surface area contributed by atoms with Gasteiger partial charge >= 0.3 is 5.69 Å². The van der Waals surface area contributed by atoms with Crippen molar-refractivity contribution in [3.8, 4) is 0 Å². The summed E-state index contributed by atoms with van der Waals surface area (Å²) < 4.78 is 21.1. The molecule has 0 aliphatic heterocycles. The number of nitrogens with zero attached hydrogens (tertiary/aromatic N) is 2. The zero-order valence-electron chi connectivity index (χ0n) is 17.7. The smallest absolute Gasteiger partial charge is 0.330 e. The topological polar surface area (TPSA) is 110 Å². The van der Waals surface area contributed by atoms with Gasteiger partial charge in [-0.25, -0.2) is 9.18 Å². The number of carbonyl (C=O) groups excluding carboxylic acids is 1. The Kier molecular flexibility index (Phi) is 6.38. The number of ether oxygens (including phenoxy) is 1. The van der Waals surface area contributed by atoms with Crippen LogP contribution >= 0.6 is 11.3 Å². The molecule has 0 unspecified atom stereocenters. The number of hydrogen-bond acceptors (Lipinski definition) is 6. The van der Waals surface area contributed by atoms with Crippen molar-refractivity contribution in [1.29, 1.82) is 0 Å². The first-order chi connectivity index (χ1) is 15.9. The van der Waals surface area contributed by atoms with Crippen LogP contribution in [0.1, 0.15) is 15.2 Å². The van der Waals surface area contributed by atoms with Crippen LogP contribution in [0.3, 0.4) is 0 Å². The molecule has 2 aromatic carbocycles. The lowest BCUT2D eigenvalue weighted by molar-refractivity contribution is 0.0979. The number of benzene rings is 2. The van der Waals surface area contributed by atoms with Gasteiger partial charge in [-0.05, 0) is 23.8 Å². The Morgan fingerprint density at radius 1 is 1.18 bits per heavy atom. The summed E-state index contributed by atoms with van der Waals surface area (Å²) in [6, 6.07) is 15.1. The normalized spacial score (nSPS) is 11.1. The lowest BCUT2D eigenvalue weighted by Crippen LogP contribution is -2.42. The highest BCUT2D eigenvalue weighted by Gasteiger charge is 2.26. The van der Waals surface area contributed by atoms with Crippen molar-refractivity contribution in [2.75, 3.05) is 30.9 Å². The third-order valence-corrected chi connectivity index (χ3v) is 6.24. The minimum Gasteiger partial charge on any atom is -0.383 e. The number of amides is 1. The van der Waals surface area contributed by atoms with E-state index in [0.717, 1.165) is 16.9 Å². The summed E-state index contributed by atoms with van der Waals surface area (Å²) in [4.78, 5) is 42.4. The van der Waals surface area contributed by atoms with Gasteiger partial charge in [0.25, 0.3) is 11.5 Å². The van der Waals surface area contributed by atoms with Gasteiger partial charge < -0.3 is 10.5 Å². The van der Waals surface area contributed by atoms with Gasteiger partial charge in [0.1, 0.15) is 11.6 Å². The minimum absolute atomic E-state index is 0.00286. The summed E-state index contributed by atoms with van der Waals surface area (Å²) >= 11 is 1.10. The second kappa shape index (κ2) is 9.39. The molecule has 4 rings (SSSR count). The highest BCUT2D eigenvalue weighted by molar-refractivity contribution is 7.20. The molecule has 0 saturated heterocycles. The highest BCUT2D eigenvalue weighted by atomic mass is 32.1. The van der Waals surface area contributed by atoms with Gasteiger partial charge in [0, 0.05) is 23.7 Å². The van der Waals surface area contributed by atoms with Crippen molar-refractivity contribution in [3.63, 3.8) is 0 Å². The van der Waals surface area contributed by atoms with Crippen LogP contribution in [-0.2, 0) is 11.3 Å². The molecule has 0 atom stereocenters. The van der Waals surface area contributed by atoms with Crippen molar-refractivity contribution in [2.45, 2.75) is 6.54 Å². The van der Waals surface area contributed by atoms with Crippen LogP contribution in [0.25, 0.3) is 10.1 Å². The molecule has 1 amide bonds. The average molecular weight is 469 g/mol. The monoisotopic (exact) mass is 468 g/mol. The number of aromatic amines is 1. The highest BCUT2D eigenvalue weighted by Crippen LogP contribution is 2.30. The number of nitrogens with two attached hydrogens (primary N) is 1. The molecule has 3 N–H and O–H groups in total. The largest absolute Gasteiger partial charge is 0.383 e. The molecule has 8 nitrogen and oxygen atoms in total. The Balaban J connectivity index is 1.81. The number of halogens is 1. The summed E-state index contributed by atoms with van der Waals surface area (Å²) in [5.41, 5.74) is 5.42. The van der Waals surface area contributed by atoms with Crippen molar-refractivity contribution in [1.82, 2.24) is 9.55 Å². The molecule has 10 heteroatoms. The number of hydrogen-bond donors (Lipinski definition) is 2. The molecule has 2 heterocycles. The van der Waals surface area contributed by atoms with Gasteiger partial charge in [0.15, 0.2) is 5.69 Å². The number of carbonyl (C=O) groups is 1. The number of rotatable bonds is 7. The van der Waals surface area contributed by atoms with Gasteiger partial charge in [-0.2, -0.15) is 0 Å². The zero-order valence-corrected chi connectivity index (χ0v) is 18.5. The van der Waals surface area contributed by atoms with Crippen LogP contribution in [0.2, 0.25) is 0 Å². The lowest BCUT2D eigenvalue weighted by atomic mass is 10.2. The molecule has 33 heavy (non-hydrogen) atoms. The third-order valence-electron chi connectivity index (χ3n) is 5.15. The molecular weight excluding hydrogens is 447 g/mol. The van der Waals surface area contributed by atoms with Crippen LogP contribution in [0.15, 0.2) is 64.2 Å². The zero-order chi connectivity index (χ0) is 23.5. The molecular formula is C23H21FN4O4S. The number of thiophene rings is 1. The number of nitrogen functional groups attached to an aromatic ring is 1. The van der Waals surface area contributed by atoms with E-state index in [-0.39, 0.29) is 36.1 Å². The van der Waals surface area contributed by atoms with Crippen LogP contribution in [0.5, 0.6) is 0 Å². The standard InChI is InChI=1S/C23H21FN4O4S/c1-32-11-10-27(22(30)18-12-15-16(24)8-5-9-17(15)33-18)19-20(25)28(23(31)26-21(19)29)13-14-6-3-2-4-7-14/h2-9,12H,10-11,13,25H2,1H3,(H,26,29,31). The Bertz CT molecular complexity index is 1430. The molecule has 170 valence electrons. The number of nitrogens with one attached hydrogen (secondary N) is 1. The summed E-state index contributed by atoms with van der Waals surface area (Å²) in [5.74, 6) is -1.14. The maximum absolute atomic E-state index is 14.2. The van der Waals surface area contributed by atoms with Crippen molar-refractivity contribution in [2.24, 2.45) is 0 Å². The van der Waals surface area contributed by atoms with E-state index in [9.17, 15) is 18.8 Å². The molecule has 0 aliphatic carbocycles. The molecule has 4 aromatic rings. The van der Waals surface area contributed by atoms with Crippen LogP contribution < -0.4 is 21.9 Å². The minimum atomic E-state index is -0.793. The molecule has 2 aromatic heterocycles. The third kappa shape index (κ3) is 4.43. The van der Waals surface area contributed by atoms with Crippen molar-refractivity contribution >= 4 is 38.8 Å². The van der Waals surface area contributed by atoms with Gasteiger partial charge in [0.2, 0.25) is 0 Å². The predicted molar refractivity (Wildman–Crippen MR) is 127 cm³/mol. The van der Waals surface area contributed by atoms with Gasteiger partial charge in [-0.1, -0.05) is 36.4 Å². The van der Waals surface area contributed by atoms with E-state index < -0.39 is 23.0 Å². The maximum Gasteiger partial charge on any atom is 0.330 e. The molecule has 0 spiro atoms. The summed E-state index contributed by atoms with van der Waals surface area (Å²) in [7, 11) is 1.46. The van der Waals surface area contributed by atoms with Gasteiger partial charge in [-0.3, -0.25) is 24.0 Å². The fourth-order valence-corrected chi connectivity index (χ4v) is 4.55. The molecule has 0 fully saturated rings. The summed E-state index contributed by atoms with van der Waals surface area (Å²) in [5, 5.41) is 0.313. The maximum atomic E-state index is 14.2. The van der Waals surface area contributed by atoms with E-state index in [1.165, 1.54) is 28.7 Å². The van der Waals surface area contributed by atoms with Gasteiger partial charge in [-0.15, -0.1) is 11.3 Å². The first kappa shape index (κ1) is 22.4. The van der Waals surface area contributed by atoms with E-state index in [2.05, 4.69) is 4.98 Å². The van der Waals surface area contributed by atoms with Crippen LogP contribution in [-0.4, -0.2) is 35.7 Å². The van der Waals surface area contributed by atoms with E-state index in [0.29, 0.717) is 10.1 Å². The molecule has 0 saturated carbocycles. The Hall–Kier alpha value is -3.76. The Morgan fingerprint density at radius 3 is 2.64 bits per heavy atom. The second-order valence-corrected chi connectivity index (χ2v) is 8.36. The fraction of sp³-hybridized carbons (Fsp3) is 0.174. The molecule has 0 radical (unpaired) electrons. The van der Waals surface area contributed by atoms with E-state index in [4.69, 9.17) is 10.5 Å². The van der Waals surface area contributed by atoms with E-state index >= 15 is 0 Å². The summed E-state index contributed by atoms with van der Waals surface area (Å²) in [6.45, 7) is 0.222. The molecule has 0 bridgehead atoms. The number of anilines is 2. The van der Waals surface area contributed by atoms with Gasteiger partial charge in [0.05, 0.1) is 18.0 Å². The van der Waals surface area contributed by atoms with Crippen LogP contribution in [0.4, 0.5) is 15.9 Å². The number of H-pyrrole nitrogens is 1. The van der Waals surface area contributed by atoms with Crippen molar-refractivity contribution in [3.05, 3.63) is 91.7 Å². The second-order valence-electron chi connectivity index (χ2n) is 7.28. The average Bonchev–Trinajstić information content (AvgIpc) is 3.25. The number of fused-ring (bicyclic) bond motifs is 1. The first-order valence-electron chi connectivity index (χ1n) is 10.1. The van der Waals surface area contributed by atoms with Crippen molar-refractivity contribution < 1.29 is 13.9 Å². The lowest BCUT2D eigenvalue weighted by Gasteiger charge is -2.24. The Morgan fingerprint density at radius 2 is 1.94 bits per heavy atom. The predicted octanol–water partition coefficient (Wildman–Crippen LogP) is 2.81. The fourth-order valence-electron chi connectivity index (χ4n) is 3.52. The quantitative estimate of drug-likeness (QED) is 0.433. The SMILES string of the molecule is COCCN(C(=O)c1cc2c(F)cccc2s1)c1c(N)n(Cc2ccccc2)c(=O)[nH]c1=O. The Labute approximate surface area is 191 Å². The number of methoxy groups -OCH3 is 1. The first-order valence-corrected chi connectivity index (χ1v) is 10.9. The number of aromatic nitrogens is 2. The van der Waals surface area contributed by atoms with E-state index in [1.807, 2.05) is 30.3 Å². The van der Waals surface area contributed by atoms with Crippen LogP contribution in [0, 0.1) is 5.82 Å². The van der Waals surface area contributed by atoms with E-state index in [1.54, 1.807) is 12.1 Å². The molecule has 0 aliphatic rings.